The minimum Gasteiger partial charge on any atom is -0.507 e. The van der Waals surface area contributed by atoms with E-state index in [-0.39, 0.29) is 23.6 Å². The lowest BCUT2D eigenvalue weighted by Crippen LogP contribution is -2.31. The van der Waals surface area contributed by atoms with Crippen LogP contribution in [-0.4, -0.2) is 42.7 Å². The maximum Gasteiger partial charge on any atom is 0.295 e. The van der Waals surface area contributed by atoms with Crippen molar-refractivity contribution in [2.75, 3.05) is 6.54 Å². The first-order valence-electron chi connectivity index (χ1n) is 10.1. The van der Waals surface area contributed by atoms with Gasteiger partial charge in [0.15, 0.2) is 0 Å². The number of ketones is 1. The highest BCUT2D eigenvalue weighted by Gasteiger charge is 2.46. The summed E-state index contributed by atoms with van der Waals surface area (Å²) < 4.78 is 1.84. The molecule has 33 heavy (non-hydrogen) atoms. The molecule has 1 N–H and O–H groups in total. The van der Waals surface area contributed by atoms with Crippen molar-refractivity contribution in [3.63, 3.8) is 0 Å². The molecule has 1 aliphatic heterocycles. The van der Waals surface area contributed by atoms with Crippen molar-refractivity contribution in [2.24, 2.45) is 0 Å². The third-order valence-electron chi connectivity index (χ3n) is 5.43. The van der Waals surface area contributed by atoms with Crippen molar-refractivity contribution in [3.05, 3.63) is 99.1 Å². The predicted octanol–water partition coefficient (Wildman–Crippen LogP) is 3.96. The maximum absolute atomic E-state index is 13.0. The normalized spacial score (nSPS) is 17.5. The van der Waals surface area contributed by atoms with Crippen molar-refractivity contribution in [1.29, 1.82) is 0 Å². The molecule has 9 nitrogen and oxygen atoms in total. The number of hydrogen-bond acceptors (Lipinski definition) is 6. The molecule has 3 aromatic rings. The molecule has 4 rings (SSSR count). The minimum absolute atomic E-state index is 0.120. The summed E-state index contributed by atoms with van der Waals surface area (Å²) in [6, 6.07) is 10.9. The van der Waals surface area contributed by atoms with Gasteiger partial charge in [0.1, 0.15) is 5.76 Å². The van der Waals surface area contributed by atoms with Gasteiger partial charge in [-0.15, -0.1) is 0 Å². The first-order valence-corrected chi connectivity index (χ1v) is 10.5. The van der Waals surface area contributed by atoms with Crippen LogP contribution in [0.5, 0.6) is 0 Å². The topological polar surface area (TPSA) is 119 Å². The first kappa shape index (κ1) is 22.2. The van der Waals surface area contributed by atoms with Crippen molar-refractivity contribution in [1.82, 2.24) is 14.5 Å². The summed E-state index contributed by atoms with van der Waals surface area (Å²) in [6.45, 7) is 0.759. The van der Waals surface area contributed by atoms with E-state index in [1.165, 1.54) is 35.2 Å². The fourth-order valence-electron chi connectivity index (χ4n) is 3.87. The van der Waals surface area contributed by atoms with Crippen LogP contribution in [0, 0.1) is 10.1 Å². The monoisotopic (exact) mass is 466 g/mol. The number of imidazole rings is 1. The summed E-state index contributed by atoms with van der Waals surface area (Å²) in [5.41, 5.74) is 0.376. The van der Waals surface area contributed by atoms with Crippen LogP contribution in [0.3, 0.4) is 0 Å². The number of non-ortho nitro benzene ring substituents is 1. The number of hydrogen-bond donors (Lipinski definition) is 1. The minimum atomic E-state index is -0.969. The van der Waals surface area contributed by atoms with Gasteiger partial charge < -0.3 is 14.6 Å². The van der Waals surface area contributed by atoms with E-state index in [0.29, 0.717) is 29.1 Å². The molecule has 1 amide bonds. The van der Waals surface area contributed by atoms with Crippen LogP contribution in [0.1, 0.15) is 23.6 Å². The lowest BCUT2D eigenvalue weighted by molar-refractivity contribution is -0.384. The zero-order valence-corrected chi connectivity index (χ0v) is 18.1. The molecular weight excluding hydrogens is 448 g/mol. The second-order valence-corrected chi connectivity index (χ2v) is 7.94. The van der Waals surface area contributed by atoms with Crippen LogP contribution < -0.4 is 0 Å². The number of nitro groups is 1. The van der Waals surface area contributed by atoms with Gasteiger partial charge in [0.05, 0.1) is 22.9 Å². The SMILES string of the molecule is O=C1C(=O)N(CCCn2ccnc2)[C@H](c2cccc([N+](=O)[O-])c2)C1=C(O)c1ccc(Cl)cc1. The molecule has 0 radical (unpaired) electrons. The maximum atomic E-state index is 13.0. The Labute approximate surface area is 193 Å². The van der Waals surface area contributed by atoms with Crippen LogP contribution >= 0.6 is 11.6 Å². The van der Waals surface area contributed by atoms with E-state index >= 15 is 0 Å². The molecule has 1 atom stereocenters. The molecule has 0 saturated carbocycles. The Balaban J connectivity index is 1.76. The van der Waals surface area contributed by atoms with Crippen LogP contribution in [-0.2, 0) is 16.1 Å². The van der Waals surface area contributed by atoms with Gasteiger partial charge in [-0.3, -0.25) is 19.7 Å². The van der Waals surface area contributed by atoms with Crippen molar-refractivity contribution in [2.45, 2.75) is 19.0 Å². The molecule has 168 valence electrons. The third-order valence-corrected chi connectivity index (χ3v) is 5.68. The summed E-state index contributed by atoms with van der Waals surface area (Å²) in [6.07, 6.45) is 5.58. The van der Waals surface area contributed by atoms with E-state index in [0.717, 1.165) is 0 Å². The molecule has 1 fully saturated rings. The molecule has 1 aliphatic rings. The van der Waals surface area contributed by atoms with Crippen molar-refractivity contribution in [3.8, 4) is 0 Å². The lowest BCUT2D eigenvalue weighted by atomic mass is 9.95. The van der Waals surface area contributed by atoms with E-state index < -0.39 is 22.7 Å². The summed E-state index contributed by atoms with van der Waals surface area (Å²) in [7, 11) is 0. The summed E-state index contributed by atoms with van der Waals surface area (Å²) in [5, 5.41) is 22.8. The number of nitrogens with zero attached hydrogens (tertiary/aromatic N) is 4. The van der Waals surface area contributed by atoms with Gasteiger partial charge in [0, 0.05) is 48.2 Å². The predicted molar refractivity (Wildman–Crippen MR) is 120 cm³/mol. The highest BCUT2D eigenvalue weighted by Crippen LogP contribution is 2.40. The fourth-order valence-corrected chi connectivity index (χ4v) is 4.00. The van der Waals surface area contributed by atoms with Gasteiger partial charge in [-0.25, -0.2) is 4.98 Å². The summed E-state index contributed by atoms with van der Waals surface area (Å²) in [5.74, 6) is -1.98. The highest BCUT2D eigenvalue weighted by atomic mass is 35.5. The molecule has 1 aromatic heterocycles. The number of carbonyl (C=O) groups excluding carboxylic acids is 2. The molecular formula is C23H19ClN4O5. The Morgan fingerprint density at radius 3 is 2.58 bits per heavy atom. The number of likely N-dealkylation sites (tertiary alicyclic amines) is 1. The number of Topliss-reactive ketones (excluding diaryl/α,β-unsaturated/α-hetero) is 1. The number of carbonyl (C=O) groups is 2. The second-order valence-electron chi connectivity index (χ2n) is 7.51. The first-order chi connectivity index (χ1) is 15.9. The Hall–Kier alpha value is -3.98. The van der Waals surface area contributed by atoms with Gasteiger partial charge >= 0.3 is 0 Å². The average Bonchev–Trinajstić information content (AvgIpc) is 3.41. The summed E-state index contributed by atoms with van der Waals surface area (Å²) >= 11 is 5.92. The van der Waals surface area contributed by atoms with Gasteiger partial charge in [-0.2, -0.15) is 0 Å². The zero-order chi connectivity index (χ0) is 23.5. The quantitative estimate of drug-likeness (QED) is 0.185. The van der Waals surface area contributed by atoms with E-state index in [9.17, 15) is 24.8 Å². The molecule has 0 aliphatic carbocycles. The number of amides is 1. The molecule has 0 unspecified atom stereocenters. The van der Waals surface area contributed by atoms with Gasteiger partial charge in [-0.05, 0) is 36.2 Å². The fraction of sp³-hybridized carbons (Fsp3) is 0.174. The molecule has 2 aromatic carbocycles. The molecule has 10 heteroatoms. The number of nitro benzene ring substituents is 1. The van der Waals surface area contributed by atoms with Gasteiger partial charge in [0.25, 0.3) is 17.4 Å². The van der Waals surface area contributed by atoms with Gasteiger partial charge in [0.2, 0.25) is 0 Å². The van der Waals surface area contributed by atoms with Crippen LogP contribution in [0.15, 0.2) is 72.8 Å². The Morgan fingerprint density at radius 1 is 1.15 bits per heavy atom. The largest absolute Gasteiger partial charge is 0.507 e. The number of aliphatic hydroxyl groups is 1. The van der Waals surface area contributed by atoms with Gasteiger partial charge in [-0.1, -0.05) is 23.7 Å². The third kappa shape index (κ3) is 4.49. The zero-order valence-electron chi connectivity index (χ0n) is 17.3. The van der Waals surface area contributed by atoms with Crippen LogP contribution in [0.25, 0.3) is 5.76 Å². The van der Waals surface area contributed by atoms with E-state index in [1.54, 1.807) is 36.9 Å². The number of benzene rings is 2. The smallest absolute Gasteiger partial charge is 0.295 e. The lowest BCUT2D eigenvalue weighted by Gasteiger charge is -2.25. The van der Waals surface area contributed by atoms with Crippen LogP contribution in [0.2, 0.25) is 5.02 Å². The Bertz CT molecular complexity index is 1240. The Kier molecular flexibility index (Phi) is 6.23. The number of aryl methyl sites for hydroxylation is 1. The van der Waals surface area contributed by atoms with E-state index in [2.05, 4.69) is 4.98 Å². The number of rotatable bonds is 7. The van der Waals surface area contributed by atoms with E-state index in [1.807, 2.05) is 4.57 Å². The Morgan fingerprint density at radius 2 is 1.91 bits per heavy atom. The number of aromatic nitrogens is 2. The van der Waals surface area contributed by atoms with Crippen LogP contribution in [0.4, 0.5) is 5.69 Å². The van der Waals surface area contributed by atoms with Crippen molar-refractivity contribution >= 4 is 34.7 Å². The number of aliphatic hydroxyl groups excluding tert-OH is 1. The molecule has 0 spiro atoms. The highest BCUT2D eigenvalue weighted by molar-refractivity contribution is 6.46. The number of halogens is 1. The molecule has 2 heterocycles. The summed E-state index contributed by atoms with van der Waals surface area (Å²) in [4.78, 5) is 42.1. The average molecular weight is 467 g/mol. The standard InChI is InChI=1S/C23H19ClN4O5/c24-17-7-5-15(6-8-17)21(29)19-20(16-3-1-4-18(13-16)28(32)33)27(23(31)22(19)30)11-2-10-26-12-9-25-14-26/h1,3-9,12-14,20,29H,2,10-11H2/t20-/m1/s1. The second kappa shape index (κ2) is 9.25. The molecule has 1 saturated heterocycles. The molecule has 0 bridgehead atoms. The van der Waals surface area contributed by atoms with Crippen molar-refractivity contribution < 1.29 is 19.6 Å². The van der Waals surface area contributed by atoms with E-state index in [4.69, 9.17) is 11.6 Å².